The van der Waals surface area contributed by atoms with Crippen LogP contribution in [0.2, 0.25) is 0 Å². The normalized spacial score (nSPS) is 19.8. The quantitative estimate of drug-likeness (QED) is 0.817. The van der Waals surface area contributed by atoms with Crippen LogP contribution in [0.1, 0.15) is 12.5 Å². The Morgan fingerprint density at radius 2 is 2.20 bits per heavy atom. The van der Waals surface area contributed by atoms with Crippen molar-refractivity contribution < 1.29 is 4.74 Å². The SMILES string of the molecule is CC1CN(CCOc2ccc(CC(N)=S)cc2)CCS1. The Morgan fingerprint density at radius 1 is 1.45 bits per heavy atom. The van der Waals surface area contributed by atoms with Gasteiger partial charge in [0.05, 0.1) is 4.99 Å². The predicted octanol–water partition coefficient (Wildman–Crippen LogP) is 2.33. The van der Waals surface area contributed by atoms with Crippen LogP contribution in [-0.2, 0) is 6.42 Å². The molecule has 0 aromatic heterocycles. The Hall–Kier alpha value is -0.780. The lowest BCUT2D eigenvalue weighted by atomic mass is 10.1. The minimum absolute atomic E-state index is 0.524. The first-order valence-corrected chi connectivity index (χ1v) is 8.43. The van der Waals surface area contributed by atoms with Crippen molar-refractivity contribution in [2.45, 2.75) is 18.6 Å². The second-order valence-electron chi connectivity index (χ2n) is 5.12. The molecular weight excluding hydrogens is 288 g/mol. The summed E-state index contributed by atoms with van der Waals surface area (Å²) in [4.78, 5) is 3.00. The summed E-state index contributed by atoms with van der Waals surface area (Å²) in [5.74, 6) is 2.14. The topological polar surface area (TPSA) is 38.5 Å². The average molecular weight is 310 g/mol. The van der Waals surface area contributed by atoms with Crippen LogP contribution in [0, 0.1) is 0 Å². The number of benzene rings is 1. The van der Waals surface area contributed by atoms with E-state index in [2.05, 4.69) is 23.6 Å². The molecule has 2 rings (SSSR count). The minimum Gasteiger partial charge on any atom is -0.492 e. The van der Waals surface area contributed by atoms with E-state index < -0.39 is 0 Å². The maximum Gasteiger partial charge on any atom is 0.119 e. The zero-order valence-electron chi connectivity index (χ0n) is 11.9. The highest BCUT2D eigenvalue weighted by atomic mass is 32.2. The summed E-state index contributed by atoms with van der Waals surface area (Å²) in [6.45, 7) is 6.37. The smallest absolute Gasteiger partial charge is 0.119 e. The van der Waals surface area contributed by atoms with Gasteiger partial charge in [0.15, 0.2) is 0 Å². The highest BCUT2D eigenvalue weighted by Crippen LogP contribution is 2.17. The molecule has 0 spiro atoms. The monoisotopic (exact) mass is 310 g/mol. The van der Waals surface area contributed by atoms with Crippen molar-refractivity contribution in [2.75, 3.05) is 32.0 Å². The first-order chi connectivity index (χ1) is 9.63. The molecule has 20 heavy (non-hydrogen) atoms. The van der Waals surface area contributed by atoms with Crippen LogP contribution in [0.15, 0.2) is 24.3 Å². The molecule has 1 aromatic rings. The molecule has 0 bridgehead atoms. The number of ether oxygens (including phenoxy) is 1. The van der Waals surface area contributed by atoms with Crippen LogP contribution in [0.3, 0.4) is 0 Å². The molecular formula is C15H22N2OS2. The zero-order valence-corrected chi connectivity index (χ0v) is 13.5. The van der Waals surface area contributed by atoms with Gasteiger partial charge in [0.2, 0.25) is 0 Å². The van der Waals surface area contributed by atoms with Crippen molar-refractivity contribution >= 4 is 29.0 Å². The summed E-state index contributed by atoms with van der Waals surface area (Å²) in [5.41, 5.74) is 6.66. The van der Waals surface area contributed by atoms with Crippen molar-refractivity contribution in [3.63, 3.8) is 0 Å². The van der Waals surface area contributed by atoms with Crippen molar-refractivity contribution in [2.24, 2.45) is 5.73 Å². The molecule has 110 valence electrons. The molecule has 5 heteroatoms. The fraction of sp³-hybridized carbons (Fsp3) is 0.533. The molecule has 0 saturated carbocycles. The summed E-state index contributed by atoms with van der Waals surface area (Å²) in [6, 6.07) is 8.02. The second-order valence-corrected chi connectivity index (χ2v) is 7.19. The van der Waals surface area contributed by atoms with Gasteiger partial charge in [-0.25, -0.2) is 0 Å². The van der Waals surface area contributed by atoms with E-state index >= 15 is 0 Å². The van der Waals surface area contributed by atoms with Gasteiger partial charge in [-0.05, 0) is 17.7 Å². The van der Waals surface area contributed by atoms with E-state index in [4.69, 9.17) is 22.7 Å². The molecule has 0 radical (unpaired) electrons. The molecule has 1 heterocycles. The molecule has 1 fully saturated rings. The van der Waals surface area contributed by atoms with Gasteiger partial charge in [0, 0.05) is 37.1 Å². The number of nitrogens with zero attached hydrogens (tertiary/aromatic N) is 1. The van der Waals surface area contributed by atoms with Crippen LogP contribution in [-0.4, -0.2) is 47.1 Å². The van der Waals surface area contributed by atoms with Crippen molar-refractivity contribution in [3.8, 4) is 5.75 Å². The van der Waals surface area contributed by atoms with Crippen LogP contribution >= 0.6 is 24.0 Å². The van der Waals surface area contributed by atoms with Crippen LogP contribution < -0.4 is 10.5 Å². The molecule has 1 unspecified atom stereocenters. The van der Waals surface area contributed by atoms with Gasteiger partial charge in [-0.3, -0.25) is 4.90 Å². The van der Waals surface area contributed by atoms with Gasteiger partial charge < -0.3 is 10.5 Å². The Labute approximate surface area is 130 Å². The summed E-state index contributed by atoms with van der Waals surface area (Å²) in [5, 5.41) is 0.739. The fourth-order valence-electron chi connectivity index (χ4n) is 2.29. The predicted molar refractivity (Wildman–Crippen MR) is 90.8 cm³/mol. The number of rotatable bonds is 6. The first-order valence-electron chi connectivity index (χ1n) is 6.97. The lowest BCUT2D eigenvalue weighted by Gasteiger charge is -2.30. The fourth-order valence-corrected chi connectivity index (χ4v) is 3.54. The lowest BCUT2D eigenvalue weighted by Crippen LogP contribution is -2.39. The van der Waals surface area contributed by atoms with Gasteiger partial charge >= 0.3 is 0 Å². The number of nitrogens with two attached hydrogens (primary N) is 1. The third-order valence-corrected chi connectivity index (χ3v) is 4.58. The lowest BCUT2D eigenvalue weighted by molar-refractivity contribution is 0.215. The van der Waals surface area contributed by atoms with E-state index in [0.29, 0.717) is 11.4 Å². The Bertz CT molecular complexity index is 436. The van der Waals surface area contributed by atoms with Gasteiger partial charge in [0.1, 0.15) is 12.4 Å². The van der Waals surface area contributed by atoms with Crippen LogP contribution in [0.5, 0.6) is 5.75 Å². The molecule has 0 amide bonds. The minimum atomic E-state index is 0.524. The summed E-state index contributed by atoms with van der Waals surface area (Å²) in [6.07, 6.45) is 0.652. The van der Waals surface area contributed by atoms with E-state index in [1.807, 2.05) is 24.3 Å². The molecule has 1 aliphatic heterocycles. The van der Waals surface area contributed by atoms with Crippen LogP contribution in [0.25, 0.3) is 0 Å². The molecule has 3 nitrogen and oxygen atoms in total. The molecule has 2 N–H and O–H groups in total. The number of thiocarbonyl (C=S) groups is 1. The average Bonchev–Trinajstić information content (AvgIpc) is 2.40. The third kappa shape index (κ3) is 5.31. The third-order valence-electron chi connectivity index (χ3n) is 3.30. The standard InChI is InChI=1S/C15H22N2OS2/c1-12-11-17(7-9-20-12)6-8-18-14-4-2-13(3-5-14)10-15(16)19/h2-5,12H,6-11H2,1H3,(H2,16,19). The zero-order chi connectivity index (χ0) is 14.4. The molecule has 0 aliphatic carbocycles. The highest BCUT2D eigenvalue weighted by molar-refractivity contribution is 7.99. The van der Waals surface area contributed by atoms with E-state index in [-0.39, 0.29) is 0 Å². The van der Waals surface area contributed by atoms with Gasteiger partial charge in [-0.15, -0.1) is 0 Å². The Morgan fingerprint density at radius 3 is 2.85 bits per heavy atom. The highest BCUT2D eigenvalue weighted by Gasteiger charge is 2.15. The maximum atomic E-state index is 5.79. The largest absolute Gasteiger partial charge is 0.492 e. The maximum absolute atomic E-state index is 5.79. The van der Waals surface area contributed by atoms with Crippen LogP contribution in [0.4, 0.5) is 0 Å². The van der Waals surface area contributed by atoms with E-state index in [1.54, 1.807) is 0 Å². The van der Waals surface area contributed by atoms with Crippen molar-refractivity contribution in [3.05, 3.63) is 29.8 Å². The summed E-state index contributed by atoms with van der Waals surface area (Å²) >= 11 is 6.96. The molecule has 1 saturated heterocycles. The molecule has 1 atom stereocenters. The number of hydrogen-bond donors (Lipinski definition) is 1. The molecule has 1 aromatic carbocycles. The molecule has 1 aliphatic rings. The van der Waals surface area contributed by atoms with Gasteiger partial charge in [0.25, 0.3) is 0 Å². The van der Waals surface area contributed by atoms with Crippen molar-refractivity contribution in [1.29, 1.82) is 0 Å². The second kappa shape index (κ2) is 7.86. The number of thioether (sulfide) groups is 1. The van der Waals surface area contributed by atoms with E-state index in [0.717, 1.165) is 29.7 Å². The Kier molecular flexibility index (Phi) is 6.13. The Balaban J connectivity index is 1.72. The van der Waals surface area contributed by atoms with E-state index in [1.165, 1.54) is 18.8 Å². The number of hydrogen-bond acceptors (Lipinski definition) is 4. The van der Waals surface area contributed by atoms with E-state index in [9.17, 15) is 0 Å². The summed E-state index contributed by atoms with van der Waals surface area (Å²) < 4.78 is 5.79. The summed E-state index contributed by atoms with van der Waals surface area (Å²) in [7, 11) is 0. The van der Waals surface area contributed by atoms with Gasteiger partial charge in [-0.1, -0.05) is 31.3 Å². The van der Waals surface area contributed by atoms with Crippen molar-refractivity contribution in [1.82, 2.24) is 4.90 Å². The van der Waals surface area contributed by atoms with Gasteiger partial charge in [-0.2, -0.15) is 11.8 Å². The first kappa shape index (κ1) is 15.6.